The van der Waals surface area contributed by atoms with Gasteiger partial charge in [0.15, 0.2) is 0 Å². The normalized spacial score (nSPS) is 11.1. The van der Waals surface area contributed by atoms with E-state index in [0.717, 1.165) is 5.69 Å². The first-order valence-electron chi connectivity index (χ1n) is 6.17. The van der Waals surface area contributed by atoms with E-state index < -0.39 is 10.0 Å². The Morgan fingerprint density at radius 3 is 2.75 bits per heavy atom. The molecule has 2 aromatic rings. The number of hydrogen-bond acceptors (Lipinski definition) is 5. The van der Waals surface area contributed by atoms with Gasteiger partial charge in [0.1, 0.15) is 10.7 Å². The zero-order chi connectivity index (χ0) is 14.6. The summed E-state index contributed by atoms with van der Waals surface area (Å²) in [4.78, 5) is 8.10. The summed E-state index contributed by atoms with van der Waals surface area (Å²) in [7, 11) is -3.72. The second-order valence-corrected chi connectivity index (χ2v) is 5.82. The van der Waals surface area contributed by atoms with Gasteiger partial charge in [0, 0.05) is 24.6 Å². The molecule has 0 bridgehead atoms. The minimum atomic E-state index is -3.72. The molecular formula is C13H16N4O2S. The first kappa shape index (κ1) is 14.3. The second-order valence-electron chi connectivity index (χ2n) is 4.17. The number of nitrogens with zero attached hydrogens (tertiary/aromatic N) is 2. The van der Waals surface area contributed by atoms with Crippen molar-refractivity contribution in [2.45, 2.75) is 18.7 Å². The lowest BCUT2D eigenvalue weighted by Crippen LogP contribution is -2.16. The molecule has 2 N–H and O–H groups in total. The molecule has 0 aliphatic heterocycles. The van der Waals surface area contributed by atoms with E-state index in [4.69, 9.17) is 0 Å². The SMILES string of the molecule is CCNc1ccncc1S(=O)(=O)Nc1cccc(C)n1. The van der Waals surface area contributed by atoms with Gasteiger partial charge in [-0.05, 0) is 32.0 Å². The van der Waals surface area contributed by atoms with Crippen LogP contribution in [0.3, 0.4) is 0 Å². The Morgan fingerprint density at radius 2 is 2.05 bits per heavy atom. The third kappa shape index (κ3) is 3.24. The van der Waals surface area contributed by atoms with Crippen LogP contribution in [0.15, 0.2) is 41.6 Å². The lowest BCUT2D eigenvalue weighted by Gasteiger charge is -2.12. The predicted molar refractivity (Wildman–Crippen MR) is 78.2 cm³/mol. The fourth-order valence-corrected chi connectivity index (χ4v) is 2.85. The van der Waals surface area contributed by atoms with E-state index in [1.807, 2.05) is 6.92 Å². The molecule has 0 saturated carbocycles. The maximum Gasteiger partial charge on any atom is 0.266 e. The summed E-state index contributed by atoms with van der Waals surface area (Å²) in [5.74, 6) is 0.288. The van der Waals surface area contributed by atoms with Gasteiger partial charge in [-0.15, -0.1) is 0 Å². The van der Waals surface area contributed by atoms with Gasteiger partial charge in [0.25, 0.3) is 10.0 Å². The molecular weight excluding hydrogens is 276 g/mol. The highest BCUT2D eigenvalue weighted by Crippen LogP contribution is 2.21. The minimum Gasteiger partial charge on any atom is -0.384 e. The van der Waals surface area contributed by atoms with Gasteiger partial charge in [-0.2, -0.15) is 0 Å². The van der Waals surface area contributed by atoms with Crippen LogP contribution in [0.1, 0.15) is 12.6 Å². The predicted octanol–water partition coefficient (Wildman–Crippen LogP) is 2.02. The van der Waals surface area contributed by atoms with Gasteiger partial charge in [-0.1, -0.05) is 6.07 Å². The Labute approximate surface area is 118 Å². The van der Waals surface area contributed by atoms with Crippen LogP contribution in [0, 0.1) is 6.92 Å². The molecule has 0 saturated heterocycles. The fourth-order valence-electron chi connectivity index (χ4n) is 1.72. The lowest BCUT2D eigenvalue weighted by atomic mass is 10.4. The average molecular weight is 292 g/mol. The highest BCUT2D eigenvalue weighted by atomic mass is 32.2. The molecule has 0 amide bonds. The molecule has 0 radical (unpaired) electrons. The summed E-state index contributed by atoms with van der Waals surface area (Å²) in [5.41, 5.74) is 1.26. The highest BCUT2D eigenvalue weighted by molar-refractivity contribution is 7.92. The molecule has 20 heavy (non-hydrogen) atoms. The number of anilines is 2. The van der Waals surface area contributed by atoms with Gasteiger partial charge in [-0.3, -0.25) is 9.71 Å². The third-order valence-electron chi connectivity index (χ3n) is 2.57. The molecule has 106 valence electrons. The Kier molecular flexibility index (Phi) is 4.19. The zero-order valence-electron chi connectivity index (χ0n) is 11.3. The first-order valence-corrected chi connectivity index (χ1v) is 7.65. The molecule has 0 aromatic carbocycles. The molecule has 0 unspecified atom stereocenters. The van der Waals surface area contributed by atoms with Crippen LogP contribution in [-0.4, -0.2) is 24.9 Å². The van der Waals surface area contributed by atoms with Crippen molar-refractivity contribution in [2.24, 2.45) is 0 Å². The molecule has 0 spiro atoms. The number of hydrogen-bond donors (Lipinski definition) is 2. The largest absolute Gasteiger partial charge is 0.384 e. The minimum absolute atomic E-state index is 0.102. The van der Waals surface area contributed by atoms with E-state index in [9.17, 15) is 8.42 Å². The van der Waals surface area contributed by atoms with E-state index in [-0.39, 0.29) is 10.7 Å². The first-order chi connectivity index (χ1) is 9.53. The lowest BCUT2D eigenvalue weighted by molar-refractivity contribution is 0.601. The van der Waals surface area contributed by atoms with Crippen LogP contribution >= 0.6 is 0 Å². The van der Waals surface area contributed by atoms with Gasteiger partial charge in [-0.25, -0.2) is 13.4 Å². The summed E-state index contributed by atoms with van der Waals surface area (Å²) in [6.45, 7) is 4.31. The fraction of sp³-hybridized carbons (Fsp3) is 0.231. The van der Waals surface area contributed by atoms with E-state index in [1.165, 1.54) is 6.20 Å². The van der Waals surface area contributed by atoms with Crippen LogP contribution in [0.2, 0.25) is 0 Å². The highest BCUT2D eigenvalue weighted by Gasteiger charge is 2.19. The number of nitrogens with one attached hydrogen (secondary N) is 2. The summed E-state index contributed by atoms with van der Waals surface area (Å²) >= 11 is 0. The number of rotatable bonds is 5. The molecule has 2 heterocycles. The van der Waals surface area contributed by atoms with Crippen LogP contribution < -0.4 is 10.0 Å². The van der Waals surface area contributed by atoms with Crippen LogP contribution in [0.5, 0.6) is 0 Å². The number of aryl methyl sites for hydroxylation is 1. The van der Waals surface area contributed by atoms with Crippen LogP contribution in [0.4, 0.5) is 11.5 Å². The number of sulfonamides is 1. The third-order valence-corrected chi connectivity index (χ3v) is 3.95. The quantitative estimate of drug-likeness (QED) is 0.880. The number of pyridine rings is 2. The van der Waals surface area contributed by atoms with Crippen LogP contribution in [0.25, 0.3) is 0 Å². The van der Waals surface area contributed by atoms with Crippen molar-refractivity contribution in [1.82, 2.24) is 9.97 Å². The molecule has 7 heteroatoms. The molecule has 6 nitrogen and oxygen atoms in total. The molecule has 0 fully saturated rings. The van der Waals surface area contributed by atoms with Gasteiger partial charge >= 0.3 is 0 Å². The van der Waals surface area contributed by atoms with Crippen LogP contribution in [-0.2, 0) is 10.0 Å². The maximum absolute atomic E-state index is 12.4. The molecule has 2 aromatic heterocycles. The van der Waals surface area contributed by atoms with Gasteiger partial charge in [0.2, 0.25) is 0 Å². The average Bonchev–Trinajstić information content (AvgIpc) is 2.39. The van der Waals surface area contributed by atoms with E-state index in [0.29, 0.717) is 12.2 Å². The molecule has 0 aliphatic carbocycles. The number of aromatic nitrogens is 2. The van der Waals surface area contributed by atoms with Gasteiger partial charge in [0.05, 0.1) is 5.69 Å². The Hall–Kier alpha value is -2.15. The van der Waals surface area contributed by atoms with Crippen molar-refractivity contribution in [1.29, 1.82) is 0 Å². The van der Waals surface area contributed by atoms with E-state index in [2.05, 4.69) is 20.0 Å². The van der Waals surface area contributed by atoms with Crippen molar-refractivity contribution >= 4 is 21.5 Å². The van der Waals surface area contributed by atoms with Crippen molar-refractivity contribution in [3.05, 3.63) is 42.4 Å². The monoisotopic (exact) mass is 292 g/mol. The Balaban J connectivity index is 2.36. The van der Waals surface area contributed by atoms with E-state index in [1.54, 1.807) is 37.4 Å². The topological polar surface area (TPSA) is 84.0 Å². The summed E-state index contributed by atoms with van der Waals surface area (Å²) < 4.78 is 27.2. The Morgan fingerprint density at radius 1 is 1.25 bits per heavy atom. The van der Waals surface area contributed by atoms with Crippen molar-refractivity contribution < 1.29 is 8.42 Å². The Bertz CT molecular complexity index is 701. The summed E-state index contributed by atoms with van der Waals surface area (Å²) in [6.07, 6.45) is 2.86. The van der Waals surface area contributed by atoms with Crippen molar-refractivity contribution in [3.63, 3.8) is 0 Å². The smallest absolute Gasteiger partial charge is 0.266 e. The second kappa shape index (κ2) is 5.87. The molecule has 0 atom stereocenters. The summed E-state index contributed by atoms with van der Waals surface area (Å²) in [5, 5.41) is 3.00. The van der Waals surface area contributed by atoms with E-state index >= 15 is 0 Å². The van der Waals surface area contributed by atoms with Crippen molar-refractivity contribution in [2.75, 3.05) is 16.6 Å². The molecule has 0 aliphatic rings. The molecule has 2 rings (SSSR count). The zero-order valence-corrected chi connectivity index (χ0v) is 12.1. The van der Waals surface area contributed by atoms with Gasteiger partial charge < -0.3 is 5.32 Å². The van der Waals surface area contributed by atoms with Crippen molar-refractivity contribution in [3.8, 4) is 0 Å². The maximum atomic E-state index is 12.4. The standard InChI is InChI=1S/C13H16N4O2S/c1-3-15-11-7-8-14-9-12(11)20(18,19)17-13-6-4-5-10(2)16-13/h4-9H,3H2,1-2H3,(H,14,15)(H,16,17). The summed E-state index contributed by atoms with van der Waals surface area (Å²) in [6, 6.07) is 6.77.